The maximum atomic E-state index is 12.4. The Kier molecular flexibility index (Phi) is 3.47. The van der Waals surface area contributed by atoms with Crippen molar-refractivity contribution in [2.45, 2.75) is 50.5 Å². The van der Waals surface area contributed by atoms with E-state index in [9.17, 15) is 9.59 Å². The molecule has 1 aromatic carbocycles. The van der Waals surface area contributed by atoms with Crippen LogP contribution in [0.15, 0.2) is 24.3 Å². The number of carboxylic acids is 1. The highest BCUT2D eigenvalue weighted by Gasteiger charge is 2.48. The molecule has 21 heavy (non-hydrogen) atoms. The van der Waals surface area contributed by atoms with E-state index in [1.54, 1.807) is 0 Å². The van der Waals surface area contributed by atoms with Crippen LogP contribution in [0.25, 0.3) is 0 Å². The third-order valence-electron chi connectivity index (χ3n) is 4.90. The van der Waals surface area contributed by atoms with Crippen molar-refractivity contribution in [3.05, 3.63) is 35.4 Å². The van der Waals surface area contributed by atoms with E-state index in [-0.39, 0.29) is 18.2 Å². The molecule has 2 saturated carbocycles. The van der Waals surface area contributed by atoms with Gasteiger partial charge in [0, 0.05) is 5.92 Å². The van der Waals surface area contributed by atoms with Gasteiger partial charge in [-0.05, 0) is 49.7 Å². The van der Waals surface area contributed by atoms with Crippen LogP contribution in [0.2, 0.25) is 0 Å². The highest BCUT2D eigenvalue weighted by atomic mass is 16.4. The number of aliphatic carboxylic acids is 1. The third kappa shape index (κ3) is 2.80. The van der Waals surface area contributed by atoms with Crippen LogP contribution in [0.1, 0.15) is 49.1 Å². The quantitative estimate of drug-likeness (QED) is 0.875. The van der Waals surface area contributed by atoms with Crippen LogP contribution >= 0.6 is 0 Å². The molecule has 0 saturated heterocycles. The van der Waals surface area contributed by atoms with Crippen LogP contribution in [0, 0.1) is 12.8 Å². The predicted octanol–water partition coefficient (Wildman–Crippen LogP) is 2.61. The molecule has 0 radical (unpaired) electrons. The van der Waals surface area contributed by atoms with Gasteiger partial charge in [0.1, 0.15) is 0 Å². The molecule has 3 rings (SSSR count). The number of hydrogen-bond acceptors (Lipinski definition) is 2. The second kappa shape index (κ2) is 5.17. The predicted molar refractivity (Wildman–Crippen MR) is 79.0 cm³/mol. The summed E-state index contributed by atoms with van der Waals surface area (Å²) >= 11 is 0. The van der Waals surface area contributed by atoms with Crippen LogP contribution in [0.3, 0.4) is 0 Å². The Morgan fingerprint density at radius 1 is 1.33 bits per heavy atom. The first-order chi connectivity index (χ1) is 10.0. The largest absolute Gasteiger partial charge is 0.481 e. The van der Waals surface area contributed by atoms with Gasteiger partial charge in [-0.15, -0.1) is 0 Å². The van der Waals surface area contributed by atoms with Gasteiger partial charge < -0.3 is 10.4 Å². The van der Waals surface area contributed by atoms with Gasteiger partial charge in [0.15, 0.2) is 0 Å². The monoisotopic (exact) mass is 287 g/mol. The van der Waals surface area contributed by atoms with Gasteiger partial charge in [-0.2, -0.15) is 0 Å². The smallest absolute Gasteiger partial charge is 0.305 e. The summed E-state index contributed by atoms with van der Waals surface area (Å²) < 4.78 is 0. The molecule has 2 aliphatic rings. The van der Waals surface area contributed by atoms with Crippen LogP contribution in [0.5, 0.6) is 0 Å². The first-order valence-corrected chi connectivity index (χ1v) is 7.60. The molecule has 0 heterocycles. The zero-order chi connectivity index (χ0) is 15.0. The lowest BCUT2D eigenvalue weighted by atomic mass is 9.74. The molecule has 1 aromatic rings. The van der Waals surface area contributed by atoms with E-state index >= 15 is 0 Å². The summed E-state index contributed by atoms with van der Waals surface area (Å²) in [5.41, 5.74) is 1.99. The number of carboxylic acid groups (broad SMARTS) is 1. The maximum absolute atomic E-state index is 12.4. The number of rotatable bonds is 5. The molecule has 4 nitrogen and oxygen atoms in total. The van der Waals surface area contributed by atoms with Crippen molar-refractivity contribution < 1.29 is 14.7 Å². The SMILES string of the molecule is Cc1ccccc1C1CC1C(=O)NC1(CC(=O)O)CCC1. The van der Waals surface area contributed by atoms with Crippen LogP contribution < -0.4 is 5.32 Å². The lowest BCUT2D eigenvalue weighted by Gasteiger charge is -2.41. The van der Waals surface area contributed by atoms with Crippen molar-refractivity contribution in [3.63, 3.8) is 0 Å². The lowest BCUT2D eigenvalue weighted by molar-refractivity contribution is -0.140. The zero-order valence-corrected chi connectivity index (χ0v) is 12.3. The van der Waals surface area contributed by atoms with Crippen LogP contribution in [0.4, 0.5) is 0 Å². The molecule has 2 fully saturated rings. The molecule has 1 amide bonds. The van der Waals surface area contributed by atoms with Crippen molar-refractivity contribution in [2.24, 2.45) is 5.92 Å². The third-order valence-corrected chi connectivity index (χ3v) is 4.90. The Balaban J connectivity index is 1.63. The van der Waals surface area contributed by atoms with Crippen LogP contribution in [-0.4, -0.2) is 22.5 Å². The molecule has 2 N–H and O–H groups in total. The summed E-state index contributed by atoms with van der Waals surface area (Å²) in [4.78, 5) is 23.3. The average Bonchev–Trinajstić information content (AvgIpc) is 3.16. The summed E-state index contributed by atoms with van der Waals surface area (Å²) in [7, 11) is 0. The number of carbonyl (C=O) groups excluding carboxylic acids is 1. The number of benzene rings is 1. The van der Waals surface area contributed by atoms with Gasteiger partial charge in [0.2, 0.25) is 5.91 Å². The Hall–Kier alpha value is -1.84. The first-order valence-electron chi connectivity index (χ1n) is 7.60. The fourth-order valence-electron chi connectivity index (χ4n) is 3.42. The van der Waals surface area contributed by atoms with Crippen LogP contribution in [-0.2, 0) is 9.59 Å². The number of aryl methyl sites for hydroxylation is 1. The highest BCUT2D eigenvalue weighted by molar-refractivity contribution is 5.84. The van der Waals surface area contributed by atoms with E-state index < -0.39 is 11.5 Å². The standard InChI is InChI=1S/C17H21NO3/c1-11-5-2-3-6-12(11)13-9-14(13)16(21)18-17(7-4-8-17)10-15(19)20/h2-3,5-6,13-14H,4,7-10H2,1H3,(H,18,21)(H,19,20). The molecule has 0 aliphatic heterocycles. The molecule has 2 atom stereocenters. The van der Waals surface area contributed by atoms with Gasteiger partial charge in [-0.1, -0.05) is 24.3 Å². The Morgan fingerprint density at radius 2 is 2.05 bits per heavy atom. The molecular weight excluding hydrogens is 266 g/mol. The van der Waals surface area contributed by atoms with Crippen molar-refractivity contribution in [2.75, 3.05) is 0 Å². The van der Waals surface area contributed by atoms with Gasteiger partial charge in [0.25, 0.3) is 0 Å². The van der Waals surface area contributed by atoms with Gasteiger partial charge in [-0.25, -0.2) is 0 Å². The van der Waals surface area contributed by atoms with Gasteiger partial charge in [-0.3, -0.25) is 9.59 Å². The molecule has 0 spiro atoms. The summed E-state index contributed by atoms with van der Waals surface area (Å²) in [6, 6.07) is 8.17. The van der Waals surface area contributed by atoms with Crippen molar-refractivity contribution in [3.8, 4) is 0 Å². The summed E-state index contributed by atoms with van der Waals surface area (Å²) in [5, 5.41) is 12.0. The van der Waals surface area contributed by atoms with E-state index in [4.69, 9.17) is 5.11 Å². The lowest BCUT2D eigenvalue weighted by Crippen LogP contribution is -2.55. The van der Waals surface area contributed by atoms with Gasteiger partial charge >= 0.3 is 5.97 Å². The van der Waals surface area contributed by atoms with E-state index in [0.717, 1.165) is 25.7 Å². The number of nitrogens with one attached hydrogen (secondary N) is 1. The second-order valence-corrected chi connectivity index (χ2v) is 6.50. The molecule has 4 heteroatoms. The Morgan fingerprint density at radius 3 is 2.62 bits per heavy atom. The fraction of sp³-hybridized carbons (Fsp3) is 0.529. The zero-order valence-electron chi connectivity index (χ0n) is 12.3. The second-order valence-electron chi connectivity index (χ2n) is 6.50. The topological polar surface area (TPSA) is 66.4 Å². The molecule has 112 valence electrons. The Labute approximate surface area is 124 Å². The maximum Gasteiger partial charge on any atom is 0.305 e. The summed E-state index contributed by atoms with van der Waals surface area (Å²) in [5.74, 6) is -0.490. The summed E-state index contributed by atoms with van der Waals surface area (Å²) in [6.07, 6.45) is 3.49. The highest BCUT2D eigenvalue weighted by Crippen LogP contribution is 2.49. The minimum absolute atomic E-state index is 0.0115. The average molecular weight is 287 g/mol. The first kappa shape index (κ1) is 14.1. The van der Waals surface area contributed by atoms with E-state index in [1.807, 2.05) is 12.1 Å². The molecule has 0 aromatic heterocycles. The molecule has 2 aliphatic carbocycles. The van der Waals surface area contributed by atoms with E-state index in [2.05, 4.69) is 24.4 Å². The summed E-state index contributed by atoms with van der Waals surface area (Å²) in [6.45, 7) is 2.07. The number of amides is 1. The van der Waals surface area contributed by atoms with Gasteiger partial charge in [0.05, 0.1) is 12.0 Å². The molecular formula is C17H21NO3. The minimum Gasteiger partial charge on any atom is -0.481 e. The van der Waals surface area contributed by atoms with E-state index in [1.165, 1.54) is 11.1 Å². The molecule has 2 unspecified atom stereocenters. The normalized spacial score (nSPS) is 25.8. The van der Waals surface area contributed by atoms with Crippen molar-refractivity contribution in [1.82, 2.24) is 5.32 Å². The molecule has 0 bridgehead atoms. The number of carbonyl (C=O) groups is 2. The van der Waals surface area contributed by atoms with E-state index in [0.29, 0.717) is 5.92 Å². The van der Waals surface area contributed by atoms with Crippen molar-refractivity contribution in [1.29, 1.82) is 0 Å². The van der Waals surface area contributed by atoms with Crippen molar-refractivity contribution >= 4 is 11.9 Å². The fourth-order valence-corrected chi connectivity index (χ4v) is 3.42. The minimum atomic E-state index is -0.832. The number of hydrogen-bond donors (Lipinski definition) is 2. The Bertz CT molecular complexity index is 577.